The monoisotopic (exact) mass is 293 g/mol. The van der Waals surface area contributed by atoms with Gasteiger partial charge in [-0.3, -0.25) is 4.79 Å². The number of benzene rings is 2. The van der Waals surface area contributed by atoms with Crippen molar-refractivity contribution in [3.05, 3.63) is 65.7 Å². The summed E-state index contributed by atoms with van der Waals surface area (Å²) >= 11 is 0. The third kappa shape index (κ3) is 2.23. The summed E-state index contributed by atoms with van der Waals surface area (Å²) in [6.45, 7) is 6.34. The normalized spacial score (nSPS) is 24.8. The topological polar surface area (TPSA) is 20.3 Å². The van der Waals surface area contributed by atoms with Crippen molar-refractivity contribution in [1.29, 1.82) is 0 Å². The minimum Gasteiger partial charge on any atom is -0.309 e. The Balaban J connectivity index is 2.03. The van der Waals surface area contributed by atoms with Gasteiger partial charge >= 0.3 is 0 Å². The van der Waals surface area contributed by atoms with E-state index in [4.69, 9.17) is 0 Å². The maximum atomic E-state index is 13.3. The number of rotatable bonds is 3. The number of anilines is 1. The zero-order valence-corrected chi connectivity index (χ0v) is 13.5. The molecule has 2 aromatic carbocycles. The van der Waals surface area contributed by atoms with Gasteiger partial charge in [0.05, 0.1) is 5.41 Å². The van der Waals surface area contributed by atoms with E-state index in [-0.39, 0.29) is 17.4 Å². The fourth-order valence-electron chi connectivity index (χ4n) is 3.69. The second-order valence-corrected chi connectivity index (χ2v) is 6.37. The molecule has 0 N–H and O–H groups in total. The van der Waals surface area contributed by atoms with Gasteiger partial charge in [0, 0.05) is 11.7 Å². The molecule has 114 valence electrons. The van der Waals surface area contributed by atoms with E-state index < -0.39 is 0 Å². The summed E-state index contributed by atoms with van der Waals surface area (Å²) in [5, 5.41) is 0. The van der Waals surface area contributed by atoms with Crippen LogP contribution in [-0.4, -0.2) is 11.9 Å². The lowest BCUT2D eigenvalue weighted by molar-refractivity contribution is -0.122. The first-order valence-corrected chi connectivity index (χ1v) is 8.04. The van der Waals surface area contributed by atoms with Crippen LogP contribution in [0.5, 0.6) is 0 Å². The maximum Gasteiger partial charge on any atom is 0.237 e. The quantitative estimate of drug-likeness (QED) is 0.817. The predicted octanol–water partition coefficient (Wildman–Crippen LogP) is 4.47. The summed E-state index contributed by atoms with van der Waals surface area (Å²) in [5.41, 5.74) is 2.98. The lowest BCUT2D eigenvalue weighted by Gasteiger charge is -2.27. The van der Waals surface area contributed by atoms with Crippen molar-refractivity contribution in [3.63, 3.8) is 0 Å². The highest BCUT2D eigenvalue weighted by Crippen LogP contribution is 2.43. The SMILES string of the molecule is CCC1(c2ccccc2)CC(C)N(c2ccc(C)cc2)C1=O. The third-order valence-electron chi connectivity index (χ3n) is 4.95. The van der Waals surface area contributed by atoms with Gasteiger partial charge in [0.25, 0.3) is 0 Å². The van der Waals surface area contributed by atoms with Crippen molar-refractivity contribution in [2.24, 2.45) is 0 Å². The molecular formula is C20H23NO. The van der Waals surface area contributed by atoms with Gasteiger partial charge < -0.3 is 4.90 Å². The van der Waals surface area contributed by atoms with E-state index >= 15 is 0 Å². The van der Waals surface area contributed by atoms with Crippen LogP contribution in [0.15, 0.2) is 54.6 Å². The first-order valence-electron chi connectivity index (χ1n) is 8.04. The lowest BCUT2D eigenvalue weighted by Crippen LogP contribution is -2.38. The highest BCUT2D eigenvalue weighted by Gasteiger charge is 2.50. The van der Waals surface area contributed by atoms with E-state index in [2.05, 4.69) is 57.2 Å². The molecule has 2 nitrogen and oxygen atoms in total. The van der Waals surface area contributed by atoms with Crippen LogP contribution in [0.3, 0.4) is 0 Å². The van der Waals surface area contributed by atoms with Crippen molar-refractivity contribution in [1.82, 2.24) is 0 Å². The molecule has 0 saturated carbocycles. The standard InChI is InChI=1S/C20H23NO/c1-4-20(17-8-6-5-7-9-17)14-16(3)21(19(20)22)18-12-10-15(2)11-13-18/h5-13,16H,4,14H2,1-3H3. The molecule has 1 heterocycles. The molecule has 1 fully saturated rings. The molecule has 2 aromatic rings. The van der Waals surface area contributed by atoms with Crippen molar-refractivity contribution < 1.29 is 4.79 Å². The van der Waals surface area contributed by atoms with E-state index in [1.165, 1.54) is 5.56 Å². The second kappa shape index (κ2) is 5.60. The van der Waals surface area contributed by atoms with Gasteiger partial charge in [-0.05, 0) is 44.4 Å². The Morgan fingerprint density at radius 2 is 1.73 bits per heavy atom. The van der Waals surface area contributed by atoms with Crippen LogP contribution in [0, 0.1) is 6.92 Å². The van der Waals surface area contributed by atoms with Crippen LogP contribution in [0.25, 0.3) is 0 Å². The average molecular weight is 293 g/mol. The van der Waals surface area contributed by atoms with Gasteiger partial charge in [-0.15, -0.1) is 0 Å². The Kier molecular flexibility index (Phi) is 3.78. The Morgan fingerprint density at radius 1 is 1.09 bits per heavy atom. The lowest BCUT2D eigenvalue weighted by atomic mass is 9.76. The van der Waals surface area contributed by atoms with Gasteiger partial charge in [-0.2, -0.15) is 0 Å². The molecule has 2 atom stereocenters. The van der Waals surface area contributed by atoms with Gasteiger partial charge in [0.1, 0.15) is 0 Å². The fraction of sp³-hybridized carbons (Fsp3) is 0.350. The molecule has 0 spiro atoms. The van der Waals surface area contributed by atoms with Crippen molar-refractivity contribution in [2.75, 3.05) is 4.90 Å². The Labute approximate surface area is 132 Å². The number of amides is 1. The molecule has 0 aliphatic carbocycles. The molecular weight excluding hydrogens is 270 g/mol. The summed E-state index contributed by atoms with van der Waals surface area (Å²) < 4.78 is 0. The number of hydrogen-bond donors (Lipinski definition) is 0. The first kappa shape index (κ1) is 14.8. The predicted molar refractivity (Wildman–Crippen MR) is 91.2 cm³/mol. The summed E-state index contributed by atoms with van der Waals surface area (Å²) in [7, 11) is 0. The molecule has 0 bridgehead atoms. The van der Waals surface area contributed by atoms with Gasteiger partial charge in [-0.25, -0.2) is 0 Å². The molecule has 22 heavy (non-hydrogen) atoms. The van der Waals surface area contributed by atoms with Crippen LogP contribution in [0.4, 0.5) is 5.69 Å². The van der Waals surface area contributed by atoms with Crippen LogP contribution in [-0.2, 0) is 10.2 Å². The van der Waals surface area contributed by atoms with Crippen molar-refractivity contribution in [3.8, 4) is 0 Å². The summed E-state index contributed by atoms with van der Waals surface area (Å²) in [5.74, 6) is 0.234. The summed E-state index contributed by atoms with van der Waals surface area (Å²) in [4.78, 5) is 15.3. The van der Waals surface area contributed by atoms with Crippen LogP contribution < -0.4 is 4.90 Å². The molecule has 1 saturated heterocycles. The van der Waals surface area contributed by atoms with E-state index in [9.17, 15) is 4.79 Å². The largest absolute Gasteiger partial charge is 0.309 e. The van der Waals surface area contributed by atoms with Crippen LogP contribution >= 0.6 is 0 Å². The second-order valence-electron chi connectivity index (χ2n) is 6.37. The Hall–Kier alpha value is -2.09. The molecule has 3 rings (SSSR count). The summed E-state index contributed by atoms with van der Waals surface area (Å²) in [6, 6.07) is 18.7. The first-order chi connectivity index (χ1) is 10.6. The smallest absolute Gasteiger partial charge is 0.237 e. The van der Waals surface area contributed by atoms with Gasteiger partial charge in [0.15, 0.2) is 0 Å². The number of carbonyl (C=O) groups excluding carboxylic acids is 1. The van der Waals surface area contributed by atoms with Crippen molar-refractivity contribution in [2.45, 2.75) is 45.1 Å². The molecule has 1 aliphatic heterocycles. The van der Waals surface area contributed by atoms with Gasteiger partial charge in [0.2, 0.25) is 5.91 Å². The summed E-state index contributed by atoms with van der Waals surface area (Å²) in [6.07, 6.45) is 1.71. The minimum atomic E-state index is -0.383. The van der Waals surface area contributed by atoms with E-state index in [0.717, 1.165) is 24.1 Å². The molecule has 2 unspecified atom stereocenters. The Bertz CT molecular complexity index is 662. The highest BCUT2D eigenvalue weighted by atomic mass is 16.2. The fourth-order valence-corrected chi connectivity index (χ4v) is 3.69. The molecule has 0 aromatic heterocycles. The molecule has 1 aliphatic rings. The molecule has 0 radical (unpaired) electrons. The van der Waals surface area contributed by atoms with Crippen LogP contribution in [0.2, 0.25) is 0 Å². The third-order valence-corrected chi connectivity index (χ3v) is 4.95. The minimum absolute atomic E-state index is 0.218. The Morgan fingerprint density at radius 3 is 2.32 bits per heavy atom. The van der Waals surface area contributed by atoms with Crippen LogP contribution in [0.1, 0.15) is 37.8 Å². The number of hydrogen-bond acceptors (Lipinski definition) is 1. The van der Waals surface area contributed by atoms with E-state index in [1.807, 2.05) is 23.1 Å². The highest BCUT2D eigenvalue weighted by molar-refractivity contribution is 6.04. The molecule has 1 amide bonds. The number of carbonyl (C=O) groups is 1. The zero-order chi connectivity index (χ0) is 15.7. The number of aryl methyl sites for hydroxylation is 1. The van der Waals surface area contributed by atoms with E-state index in [0.29, 0.717) is 0 Å². The average Bonchev–Trinajstić information content (AvgIpc) is 2.81. The van der Waals surface area contributed by atoms with Crippen molar-refractivity contribution >= 4 is 11.6 Å². The number of nitrogens with zero attached hydrogens (tertiary/aromatic N) is 1. The van der Waals surface area contributed by atoms with Gasteiger partial charge in [-0.1, -0.05) is 55.0 Å². The molecule has 2 heteroatoms. The van der Waals surface area contributed by atoms with E-state index in [1.54, 1.807) is 0 Å². The maximum absolute atomic E-state index is 13.3. The zero-order valence-electron chi connectivity index (χ0n) is 13.5.